The molecule has 0 aromatic heterocycles. The molecular formula is C20H17NO2. The van der Waals surface area contributed by atoms with E-state index in [4.69, 9.17) is 10.5 Å². The summed E-state index contributed by atoms with van der Waals surface area (Å²) in [7, 11) is 0. The maximum atomic E-state index is 11.7. The SMILES string of the molecule is NC(=O)OC(c1ccccc1)(c1ccccc1)c1ccccc1. The van der Waals surface area contributed by atoms with Crippen molar-refractivity contribution in [3.05, 3.63) is 108 Å². The summed E-state index contributed by atoms with van der Waals surface area (Å²) in [6.45, 7) is 0. The lowest BCUT2D eigenvalue weighted by Gasteiger charge is -2.34. The molecule has 3 nitrogen and oxygen atoms in total. The van der Waals surface area contributed by atoms with Crippen molar-refractivity contribution in [2.45, 2.75) is 5.60 Å². The van der Waals surface area contributed by atoms with E-state index >= 15 is 0 Å². The van der Waals surface area contributed by atoms with Gasteiger partial charge in [-0.15, -0.1) is 0 Å². The normalized spacial score (nSPS) is 11.0. The van der Waals surface area contributed by atoms with Crippen LogP contribution in [0.2, 0.25) is 0 Å². The molecule has 0 aliphatic carbocycles. The Bertz CT molecular complexity index is 674. The molecule has 0 spiro atoms. The highest BCUT2D eigenvalue weighted by Crippen LogP contribution is 2.40. The van der Waals surface area contributed by atoms with Crippen LogP contribution in [0.1, 0.15) is 16.7 Å². The molecule has 3 heteroatoms. The molecule has 114 valence electrons. The zero-order valence-electron chi connectivity index (χ0n) is 12.6. The fourth-order valence-corrected chi connectivity index (χ4v) is 2.85. The summed E-state index contributed by atoms with van der Waals surface area (Å²) >= 11 is 0. The van der Waals surface area contributed by atoms with E-state index in [1.807, 2.05) is 91.0 Å². The predicted octanol–water partition coefficient (Wildman–Crippen LogP) is 4.07. The van der Waals surface area contributed by atoms with E-state index in [1.165, 1.54) is 0 Å². The summed E-state index contributed by atoms with van der Waals surface area (Å²) in [5.41, 5.74) is 6.89. The van der Waals surface area contributed by atoms with Gasteiger partial charge in [0.25, 0.3) is 0 Å². The van der Waals surface area contributed by atoms with Gasteiger partial charge in [-0.05, 0) is 0 Å². The van der Waals surface area contributed by atoms with Crippen molar-refractivity contribution in [2.24, 2.45) is 5.73 Å². The first-order chi connectivity index (χ1) is 11.2. The number of primary amides is 1. The van der Waals surface area contributed by atoms with Crippen LogP contribution in [0.25, 0.3) is 0 Å². The number of benzene rings is 3. The predicted molar refractivity (Wildman–Crippen MR) is 89.9 cm³/mol. The van der Waals surface area contributed by atoms with Gasteiger partial charge in [-0.2, -0.15) is 0 Å². The second kappa shape index (κ2) is 6.36. The largest absolute Gasteiger partial charge is 0.428 e. The maximum Gasteiger partial charge on any atom is 0.406 e. The van der Waals surface area contributed by atoms with Crippen LogP contribution in [0.15, 0.2) is 91.0 Å². The average molecular weight is 303 g/mol. The van der Waals surface area contributed by atoms with Crippen molar-refractivity contribution >= 4 is 6.09 Å². The quantitative estimate of drug-likeness (QED) is 0.739. The highest BCUT2D eigenvalue weighted by molar-refractivity contribution is 5.68. The monoisotopic (exact) mass is 303 g/mol. The van der Waals surface area contributed by atoms with Crippen LogP contribution in [0, 0.1) is 0 Å². The number of carbonyl (C=O) groups is 1. The molecule has 0 heterocycles. The molecule has 0 saturated carbocycles. The van der Waals surface area contributed by atoms with Gasteiger partial charge in [0.05, 0.1) is 0 Å². The molecule has 1 amide bonds. The van der Waals surface area contributed by atoms with Crippen molar-refractivity contribution in [3.8, 4) is 0 Å². The molecule has 0 bridgehead atoms. The van der Waals surface area contributed by atoms with Gasteiger partial charge in [0.15, 0.2) is 5.60 Å². The smallest absolute Gasteiger partial charge is 0.406 e. The number of ether oxygens (including phenoxy) is 1. The van der Waals surface area contributed by atoms with Gasteiger partial charge in [0.1, 0.15) is 0 Å². The summed E-state index contributed by atoms with van der Waals surface area (Å²) in [6.07, 6.45) is -0.818. The topological polar surface area (TPSA) is 52.3 Å². The standard InChI is InChI=1S/C20H17NO2/c21-19(22)23-20(16-10-4-1-5-11-16,17-12-6-2-7-13-17)18-14-8-3-9-15-18/h1-15H,(H2,21,22). The van der Waals surface area contributed by atoms with Crippen LogP contribution in [0.3, 0.4) is 0 Å². The van der Waals surface area contributed by atoms with Gasteiger partial charge in [-0.1, -0.05) is 91.0 Å². The van der Waals surface area contributed by atoms with Crippen LogP contribution < -0.4 is 5.73 Å². The van der Waals surface area contributed by atoms with E-state index < -0.39 is 11.7 Å². The molecule has 2 N–H and O–H groups in total. The molecule has 0 aliphatic heterocycles. The van der Waals surface area contributed by atoms with Crippen LogP contribution in [0.4, 0.5) is 4.79 Å². The number of amides is 1. The summed E-state index contributed by atoms with van der Waals surface area (Å²) < 4.78 is 5.74. The average Bonchev–Trinajstić information content (AvgIpc) is 2.62. The van der Waals surface area contributed by atoms with E-state index in [9.17, 15) is 4.79 Å². The maximum absolute atomic E-state index is 11.7. The molecule has 0 atom stereocenters. The van der Waals surface area contributed by atoms with E-state index in [2.05, 4.69) is 0 Å². The number of hydrogen-bond donors (Lipinski definition) is 1. The minimum absolute atomic E-state index is 0.818. The second-order valence-corrected chi connectivity index (χ2v) is 5.20. The fraction of sp³-hybridized carbons (Fsp3) is 0.0500. The molecule has 0 fully saturated rings. The van der Waals surface area contributed by atoms with Crippen molar-refractivity contribution in [1.29, 1.82) is 0 Å². The van der Waals surface area contributed by atoms with Gasteiger partial charge in [0.2, 0.25) is 0 Å². The zero-order valence-corrected chi connectivity index (χ0v) is 12.6. The molecule has 0 aliphatic rings. The molecule has 3 aromatic rings. The molecule has 0 unspecified atom stereocenters. The molecule has 23 heavy (non-hydrogen) atoms. The van der Waals surface area contributed by atoms with E-state index in [0.29, 0.717) is 0 Å². The Morgan fingerprint density at radius 1 is 0.652 bits per heavy atom. The molecule has 3 rings (SSSR count). The van der Waals surface area contributed by atoms with E-state index in [-0.39, 0.29) is 0 Å². The van der Waals surface area contributed by atoms with Gasteiger partial charge in [0, 0.05) is 16.7 Å². The molecule has 0 saturated heterocycles. The van der Waals surface area contributed by atoms with Crippen LogP contribution in [-0.4, -0.2) is 6.09 Å². The van der Waals surface area contributed by atoms with Gasteiger partial charge in [-0.25, -0.2) is 4.79 Å². The van der Waals surface area contributed by atoms with Gasteiger partial charge in [-0.3, -0.25) is 0 Å². The fourth-order valence-electron chi connectivity index (χ4n) is 2.85. The lowest BCUT2D eigenvalue weighted by atomic mass is 9.80. The lowest BCUT2D eigenvalue weighted by molar-refractivity contribution is 0.0747. The highest BCUT2D eigenvalue weighted by Gasteiger charge is 2.39. The number of nitrogens with two attached hydrogens (primary N) is 1. The van der Waals surface area contributed by atoms with E-state index in [1.54, 1.807) is 0 Å². The van der Waals surface area contributed by atoms with Gasteiger partial charge >= 0.3 is 6.09 Å². The Morgan fingerprint density at radius 2 is 0.957 bits per heavy atom. The Morgan fingerprint density at radius 3 is 1.22 bits per heavy atom. The summed E-state index contributed by atoms with van der Waals surface area (Å²) in [6, 6.07) is 28.9. The van der Waals surface area contributed by atoms with E-state index in [0.717, 1.165) is 16.7 Å². The molecule has 0 radical (unpaired) electrons. The Labute approximate surface area is 135 Å². The number of carbonyl (C=O) groups excluding carboxylic acids is 1. The third-order valence-corrected chi connectivity index (χ3v) is 3.79. The van der Waals surface area contributed by atoms with Crippen molar-refractivity contribution in [1.82, 2.24) is 0 Å². The third-order valence-electron chi connectivity index (χ3n) is 3.79. The number of hydrogen-bond acceptors (Lipinski definition) is 2. The molecular weight excluding hydrogens is 286 g/mol. The summed E-state index contributed by atoms with van der Waals surface area (Å²) in [4.78, 5) is 11.7. The van der Waals surface area contributed by atoms with Crippen molar-refractivity contribution in [3.63, 3.8) is 0 Å². The minimum Gasteiger partial charge on any atom is -0.428 e. The summed E-state index contributed by atoms with van der Waals surface area (Å²) in [5.74, 6) is 0. The molecule has 3 aromatic carbocycles. The zero-order chi connectivity index (χ0) is 16.1. The lowest BCUT2D eigenvalue weighted by Crippen LogP contribution is -2.37. The Kier molecular flexibility index (Phi) is 4.11. The Balaban J connectivity index is 2.32. The first-order valence-corrected chi connectivity index (χ1v) is 7.38. The second-order valence-electron chi connectivity index (χ2n) is 5.20. The minimum atomic E-state index is -1.07. The number of rotatable bonds is 4. The van der Waals surface area contributed by atoms with Crippen LogP contribution in [0.5, 0.6) is 0 Å². The van der Waals surface area contributed by atoms with Crippen LogP contribution >= 0.6 is 0 Å². The van der Waals surface area contributed by atoms with Crippen molar-refractivity contribution in [2.75, 3.05) is 0 Å². The van der Waals surface area contributed by atoms with Crippen molar-refractivity contribution < 1.29 is 9.53 Å². The summed E-state index contributed by atoms with van der Waals surface area (Å²) in [5, 5.41) is 0. The van der Waals surface area contributed by atoms with Gasteiger partial charge < -0.3 is 10.5 Å². The first-order valence-electron chi connectivity index (χ1n) is 7.38. The Hall–Kier alpha value is -3.07. The van der Waals surface area contributed by atoms with Crippen LogP contribution in [-0.2, 0) is 10.3 Å². The highest BCUT2D eigenvalue weighted by atomic mass is 16.6. The first kappa shape index (κ1) is 14.9. The third kappa shape index (κ3) is 2.81.